The molecule has 1 aliphatic carbocycles. The van der Waals surface area contributed by atoms with Gasteiger partial charge in [-0.05, 0) is 55.8 Å². The van der Waals surface area contributed by atoms with E-state index in [0.717, 1.165) is 30.2 Å². The van der Waals surface area contributed by atoms with Gasteiger partial charge in [0.05, 0.1) is 10.7 Å². The molecule has 0 unspecified atom stereocenters. The van der Waals surface area contributed by atoms with Gasteiger partial charge in [-0.15, -0.1) is 11.3 Å². The van der Waals surface area contributed by atoms with Crippen LogP contribution in [0.5, 0.6) is 0 Å². The van der Waals surface area contributed by atoms with Gasteiger partial charge in [-0.2, -0.15) is 0 Å². The first-order valence-electron chi connectivity index (χ1n) is 7.36. The normalized spacial score (nSPS) is 28.6. The molecule has 0 aliphatic heterocycles. The summed E-state index contributed by atoms with van der Waals surface area (Å²) in [7, 11) is 0. The van der Waals surface area contributed by atoms with Crippen LogP contribution in [0, 0.1) is 23.7 Å². The van der Waals surface area contributed by atoms with E-state index in [-0.39, 0.29) is 5.41 Å². The van der Waals surface area contributed by atoms with Gasteiger partial charge in [0.1, 0.15) is 0 Å². The van der Waals surface area contributed by atoms with E-state index in [1.807, 2.05) is 0 Å². The predicted molar refractivity (Wildman–Crippen MR) is 81.5 cm³/mol. The molecule has 1 aliphatic rings. The van der Waals surface area contributed by atoms with Gasteiger partial charge in [0.25, 0.3) is 0 Å². The Hall–Kier alpha value is -0.410. The Morgan fingerprint density at radius 2 is 2.00 bits per heavy atom. The second-order valence-electron chi connectivity index (χ2n) is 7.33. The van der Waals surface area contributed by atoms with Gasteiger partial charge >= 0.3 is 0 Å². The summed E-state index contributed by atoms with van der Waals surface area (Å²) in [5, 5.41) is 13.2. The molecule has 0 saturated heterocycles. The Balaban J connectivity index is 2.02. The zero-order valence-corrected chi connectivity index (χ0v) is 13.5. The van der Waals surface area contributed by atoms with E-state index in [2.05, 4.69) is 38.1 Å². The fraction of sp³-hybridized carbons (Fsp3) is 0.812. The standard InChI is InChI=1S/C16H27NOS/c1-12-17-14(10-19-12)9-16(11-18)7-5-13(6-8-16)15(2,3)4/h10,13,18H,5-9,11H2,1-4H3. The summed E-state index contributed by atoms with van der Waals surface area (Å²) in [5.74, 6) is 0.796. The summed E-state index contributed by atoms with van der Waals surface area (Å²) >= 11 is 1.71. The molecular weight excluding hydrogens is 254 g/mol. The third-order valence-electron chi connectivity index (χ3n) is 4.83. The van der Waals surface area contributed by atoms with Crippen LogP contribution in [-0.4, -0.2) is 16.7 Å². The van der Waals surface area contributed by atoms with E-state index in [9.17, 15) is 5.11 Å². The zero-order valence-electron chi connectivity index (χ0n) is 12.7. The first-order valence-corrected chi connectivity index (χ1v) is 8.24. The van der Waals surface area contributed by atoms with Crippen LogP contribution in [0.2, 0.25) is 0 Å². The van der Waals surface area contributed by atoms with E-state index >= 15 is 0 Å². The van der Waals surface area contributed by atoms with Gasteiger partial charge in [0.2, 0.25) is 0 Å². The molecule has 1 heterocycles. The quantitative estimate of drug-likeness (QED) is 0.900. The van der Waals surface area contributed by atoms with E-state index < -0.39 is 0 Å². The van der Waals surface area contributed by atoms with E-state index in [0.29, 0.717) is 12.0 Å². The highest BCUT2D eigenvalue weighted by Crippen LogP contribution is 2.46. The number of aliphatic hydroxyl groups is 1. The van der Waals surface area contributed by atoms with Gasteiger partial charge in [-0.25, -0.2) is 4.98 Å². The average Bonchev–Trinajstić information content (AvgIpc) is 2.74. The molecule has 0 spiro atoms. The van der Waals surface area contributed by atoms with E-state index in [4.69, 9.17) is 0 Å². The minimum Gasteiger partial charge on any atom is -0.396 e. The van der Waals surface area contributed by atoms with E-state index in [1.165, 1.54) is 18.5 Å². The third kappa shape index (κ3) is 3.57. The molecule has 2 rings (SSSR count). The van der Waals surface area contributed by atoms with Crippen molar-refractivity contribution in [2.75, 3.05) is 6.61 Å². The van der Waals surface area contributed by atoms with Crippen LogP contribution in [0.4, 0.5) is 0 Å². The number of thiazole rings is 1. The number of hydrogen-bond acceptors (Lipinski definition) is 3. The highest BCUT2D eigenvalue weighted by molar-refractivity contribution is 7.09. The monoisotopic (exact) mass is 281 g/mol. The van der Waals surface area contributed by atoms with Crippen LogP contribution < -0.4 is 0 Å². The van der Waals surface area contributed by atoms with Gasteiger partial charge in [-0.1, -0.05) is 20.8 Å². The van der Waals surface area contributed by atoms with Crippen molar-refractivity contribution in [3.05, 3.63) is 16.1 Å². The van der Waals surface area contributed by atoms with Crippen LogP contribution in [0.15, 0.2) is 5.38 Å². The van der Waals surface area contributed by atoms with Crippen molar-refractivity contribution < 1.29 is 5.11 Å². The number of rotatable bonds is 3. The molecule has 3 heteroatoms. The lowest BCUT2D eigenvalue weighted by molar-refractivity contribution is 0.0363. The number of hydrogen-bond donors (Lipinski definition) is 1. The number of aromatic nitrogens is 1. The van der Waals surface area contributed by atoms with Gasteiger partial charge < -0.3 is 5.11 Å². The molecule has 1 fully saturated rings. The molecule has 1 saturated carbocycles. The maximum absolute atomic E-state index is 9.87. The Morgan fingerprint density at radius 3 is 2.42 bits per heavy atom. The van der Waals surface area contributed by atoms with Gasteiger partial charge in [0.15, 0.2) is 0 Å². The Morgan fingerprint density at radius 1 is 1.37 bits per heavy atom. The predicted octanol–water partition coefficient (Wildman–Crippen LogP) is 4.21. The van der Waals surface area contributed by atoms with Crippen LogP contribution in [-0.2, 0) is 6.42 Å². The largest absolute Gasteiger partial charge is 0.396 e. The molecule has 0 radical (unpaired) electrons. The minimum absolute atomic E-state index is 0.0856. The SMILES string of the molecule is Cc1nc(CC2(CO)CCC(C(C)(C)C)CC2)cs1. The van der Waals surface area contributed by atoms with Gasteiger partial charge in [0, 0.05) is 12.0 Å². The molecule has 2 nitrogen and oxygen atoms in total. The van der Waals surface area contributed by atoms with Crippen LogP contribution in [0.3, 0.4) is 0 Å². The van der Waals surface area contributed by atoms with Crippen molar-refractivity contribution in [3.8, 4) is 0 Å². The summed E-state index contributed by atoms with van der Waals surface area (Å²) in [6.07, 6.45) is 5.72. The van der Waals surface area contributed by atoms with Crippen LogP contribution in [0.25, 0.3) is 0 Å². The highest BCUT2D eigenvalue weighted by Gasteiger charge is 2.38. The second-order valence-corrected chi connectivity index (χ2v) is 8.40. The summed E-state index contributed by atoms with van der Waals surface area (Å²) in [6.45, 7) is 9.38. The highest BCUT2D eigenvalue weighted by atomic mass is 32.1. The summed E-state index contributed by atoms with van der Waals surface area (Å²) < 4.78 is 0. The molecule has 1 N–H and O–H groups in total. The fourth-order valence-corrected chi connectivity index (χ4v) is 3.97. The molecular formula is C16H27NOS. The molecule has 0 atom stereocenters. The number of aryl methyl sites for hydroxylation is 1. The molecule has 0 bridgehead atoms. The molecule has 0 aromatic carbocycles. The van der Waals surface area contributed by atoms with Crippen molar-refractivity contribution in [2.24, 2.45) is 16.7 Å². The summed E-state index contributed by atoms with van der Waals surface area (Å²) in [4.78, 5) is 4.57. The average molecular weight is 281 g/mol. The lowest BCUT2D eigenvalue weighted by Gasteiger charge is -2.43. The Kier molecular flexibility index (Phi) is 4.36. The second kappa shape index (κ2) is 5.53. The topological polar surface area (TPSA) is 33.1 Å². The Labute approximate surface area is 121 Å². The maximum atomic E-state index is 9.87. The molecule has 19 heavy (non-hydrogen) atoms. The van der Waals surface area contributed by atoms with Crippen LogP contribution >= 0.6 is 11.3 Å². The van der Waals surface area contributed by atoms with Crippen molar-refractivity contribution in [2.45, 2.75) is 59.8 Å². The maximum Gasteiger partial charge on any atom is 0.0897 e. The van der Waals surface area contributed by atoms with Crippen molar-refractivity contribution in [3.63, 3.8) is 0 Å². The first kappa shape index (κ1) is 15.0. The third-order valence-corrected chi connectivity index (χ3v) is 5.65. The minimum atomic E-state index is 0.0856. The van der Waals surface area contributed by atoms with Gasteiger partial charge in [-0.3, -0.25) is 0 Å². The fourth-order valence-electron chi connectivity index (χ4n) is 3.36. The van der Waals surface area contributed by atoms with Crippen molar-refractivity contribution in [1.82, 2.24) is 4.98 Å². The van der Waals surface area contributed by atoms with Crippen molar-refractivity contribution in [1.29, 1.82) is 0 Å². The first-order chi connectivity index (χ1) is 8.85. The molecule has 1 aromatic heterocycles. The van der Waals surface area contributed by atoms with Crippen molar-refractivity contribution >= 4 is 11.3 Å². The lowest BCUT2D eigenvalue weighted by atomic mass is 9.63. The number of aliphatic hydroxyl groups excluding tert-OH is 1. The smallest absolute Gasteiger partial charge is 0.0897 e. The lowest BCUT2D eigenvalue weighted by Crippen LogP contribution is -2.36. The number of nitrogens with zero attached hydrogens (tertiary/aromatic N) is 1. The summed E-state index contributed by atoms with van der Waals surface area (Å²) in [5.41, 5.74) is 1.66. The molecule has 1 aromatic rings. The van der Waals surface area contributed by atoms with E-state index in [1.54, 1.807) is 11.3 Å². The molecule has 108 valence electrons. The Bertz CT molecular complexity index is 411. The van der Waals surface area contributed by atoms with Crippen LogP contribution in [0.1, 0.15) is 57.2 Å². The molecule has 0 amide bonds. The zero-order chi connectivity index (χ0) is 14.1. The summed E-state index contributed by atoms with van der Waals surface area (Å²) in [6, 6.07) is 0.